The van der Waals surface area contributed by atoms with Gasteiger partial charge in [-0.1, -0.05) is 24.3 Å². The molecule has 1 N–H and O–H groups in total. The highest BCUT2D eigenvalue weighted by atomic mass is 16.6. The molecule has 1 unspecified atom stereocenters. The monoisotopic (exact) mass is 217 g/mol. The van der Waals surface area contributed by atoms with Crippen LogP contribution in [0.5, 0.6) is 0 Å². The molecule has 0 aliphatic carbocycles. The van der Waals surface area contributed by atoms with Crippen LogP contribution in [0.4, 0.5) is 0 Å². The molecule has 0 saturated carbocycles. The van der Waals surface area contributed by atoms with Crippen LogP contribution >= 0.6 is 0 Å². The molecule has 2 aliphatic heterocycles. The molecule has 0 radical (unpaired) electrons. The average Bonchev–Trinajstić information content (AvgIpc) is 2.93. The van der Waals surface area contributed by atoms with Crippen LogP contribution in [0.3, 0.4) is 0 Å². The molecule has 2 aliphatic rings. The summed E-state index contributed by atoms with van der Waals surface area (Å²) in [6.45, 7) is 1.55. The highest BCUT2D eigenvalue weighted by Gasteiger charge is 2.31. The van der Waals surface area contributed by atoms with Gasteiger partial charge in [0.25, 0.3) is 0 Å². The average molecular weight is 217 g/mol. The maximum atomic E-state index is 10.6. The summed E-state index contributed by atoms with van der Waals surface area (Å²) >= 11 is 0. The SMILES string of the molecule is O=CC1=C(c2ccccc2C2NCCO2)O1. The Balaban J connectivity index is 1.98. The van der Waals surface area contributed by atoms with Crippen LogP contribution in [0.25, 0.3) is 5.76 Å². The Hall–Kier alpha value is -1.65. The van der Waals surface area contributed by atoms with Crippen molar-refractivity contribution in [3.05, 3.63) is 41.2 Å². The zero-order valence-electron chi connectivity index (χ0n) is 8.60. The summed E-state index contributed by atoms with van der Waals surface area (Å²) in [5, 5.41) is 3.24. The summed E-state index contributed by atoms with van der Waals surface area (Å²) in [5.74, 6) is 1.09. The van der Waals surface area contributed by atoms with Crippen molar-refractivity contribution in [1.29, 1.82) is 0 Å². The summed E-state index contributed by atoms with van der Waals surface area (Å²) in [5.41, 5.74) is 1.95. The van der Waals surface area contributed by atoms with E-state index < -0.39 is 0 Å². The van der Waals surface area contributed by atoms with Gasteiger partial charge in [0.2, 0.25) is 5.76 Å². The van der Waals surface area contributed by atoms with E-state index in [1.54, 1.807) is 0 Å². The molecule has 0 bridgehead atoms. The van der Waals surface area contributed by atoms with Crippen LogP contribution in [0.1, 0.15) is 17.4 Å². The van der Waals surface area contributed by atoms with E-state index in [2.05, 4.69) is 5.32 Å². The smallest absolute Gasteiger partial charge is 0.210 e. The fourth-order valence-corrected chi connectivity index (χ4v) is 1.91. The first-order chi connectivity index (χ1) is 7.90. The van der Waals surface area contributed by atoms with E-state index in [4.69, 9.17) is 9.47 Å². The molecule has 1 aromatic rings. The van der Waals surface area contributed by atoms with Gasteiger partial charge in [-0.2, -0.15) is 0 Å². The van der Waals surface area contributed by atoms with Gasteiger partial charge in [0, 0.05) is 17.7 Å². The first kappa shape index (κ1) is 9.57. The quantitative estimate of drug-likeness (QED) is 0.773. The number of allylic oxidation sites excluding steroid dienone is 1. The summed E-state index contributed by atoms with van der Waals surface area (Å²) in [6, 6.07) is 7.79. The van der Waals surface area contributed by atoms with Gasteiger partial charge < -0.3 is 9.47 Å². The molecule has 2 heterocycles. The van der Waals surface area contributed by atoms with Crippen LogP contribution < -0.4 is 5.32 Å². The molecule has 4 nitrogen and oxygen atoms in total. The lowest BCUT2D eigenvalue weighted by atomic mass is 10.1. The van der Waals surface area contributed by atoms with Crippen molar-refractivity contribution < 1.29 is 14.3 Å². The molecular weight excluding hydrogens is 206 g/mol. The van der Waals surface area contributed by atoms with Gasteiger partial charge in [0.05, 0.1) is 6.61 Å². The second-order valence-electron chi connectivity index (χ2n) is 3.71. The number of hydrogen-bond donors (Lipinski definition) is 1. The second kappa shape index (κ2) is 3.73. The Morgan fingerprint density at radius 3 is 2.94 bits per heavy atom. The molecule has 4 heteroatoms. The number of hydrogen-bond acceptors (Lipinski definition) is 4. The number of benzene rings is 1. The summed E-state index contributed by atoms with van der Waals surface area (Å²) in [6.07, 6.45) is 0.635. The molecular formula is C12H11NO3. The molecule has 0 amide bonds. The van der Waals surface area contributed by atoms with Gasteiger partial charge in [-0.05, 0) is 0 Å². The van der Waals surface area contributed by atoms with Gasteiger partial charge in [-0.15, -0.1) is 0 Å². The number of aldehydes is 1. The molecule has 82 valence electrons. The van der Waals surface area contributed by atoms with E-state index in [0.29, 0.717) is 18.1 Å². The van der Waals surface area contributed by atoms with Crippen LogP contribution in [-0.4, -0.2) is 19.4 Å². The molecule has 16 heavy (non-hydrogen) atoms. The van der Waals surface area contributed by atoms with Crippen molar-refractivity contribution in [2.24, 2.45) is 0 Å². The predicted octanol–water partition coefficient (Wildman–Crippen LogP) is 1.20. The molecule has 3 rings (SSSR count). The first-order valence-electron chi connectivity index (χ1n) is 5.22. The van der Waals surface area contributed by atoms with Crippen molar-refractivity contribution in [3.8, 4) is 0 Å². The van der Waals surface area contributed by atoms with E-state index in [-0.39, 0.29) is 6.23 Å². The van der Waals surface area contributed by atoms with Crippen LogP contribution in [0.2, 0.25) is 0 Å². The van der Waals surface area contributed by atoms with Crippen LogP contribution in [-0.2, 0) is 14.3 Å². The highest BCUT2D eigenvalue weighted by molar-refractivity contribution is 5.93. The number of ether oxygens (including phenoxy) is 2. The largest absolute Gasteiger partial charge is 0.445 e. The van der Waals surface area contributed by atoms with Gasteiger partial charge in [-0.3, -0.25) is 10.1 Å². The molecule has 0 aromatic heterocycles. The second-order valence-corrected chi connectivity index (χ2v) is 3.71. The first-order valence-corrected chi connectivity index (χ1v) is 5.22. The third-order valence-corrected chi connectivity index (χ3v) is 2.71. The highest BCUT2D eigenvalue weighted by Crippen LogP contribution is 2.38. The van der Waals surface area contributed by atoms with Crippen molar-refractivity contribution in [2.45, 2.75) is 6.23 Å². The Labute approximate surface area is 92.9 Å². The third kappa shape index (κ3) is 1.52. The number of carbonyl (C=O) groups excluding carboxylic acids is 1. The lowest BCUT2D eigenvalue weighted by molar-refractivity contribution is -0.105. The van der Waals surface area contributed by atoms with E-state index in [0.717, 1.165) is 24.0 Å². The summed E-state index contributed by atoms with van der Waals surface area (Å²) < 4.78 is 10.7. The standard InChI is InChI=1S/C12H11NO3/c14-7-10-11(16-10)8-3-1-2-4-9(8)12-13-5-6-15-12/h1-4,7,12-13H,5-6H2. The molecule has 1 atom stereocenters. The van der Waals surface area contributed by atoms with Crippen molar-refractivity contribution in [2.75, 3.05) is 13.2 Å². The third-order valence-electron chi connectivity index (χ3n) is 2.71. The molecule has 0 spiro atoms. The predicted molar refractivity (Wildman–Crippen MR) is 57.2 cm³/mol. The van der Waals surface area contributed by atoms with Gasteiger partial charge in [0.1, 0.15) is 6.23 Å². The molecule has 1 saturated heterocycles. The Morgan fingerprint density at radius 2 is 2.25 bits per heavy atom. The van der Waals surface area contributed by atoms with Gasteiger partial charge >= 0.3 is 0 Å². The van der Waals surface area contributed by atoms with Crippen molar-refractivity contribution in [3.63, 3.8) is 0 Å². The maximum absolute atomic E-state index is 10.6. The van der Waals surface area contributed by atoms with E-state index in [9.17, 15) is 4.79 Å². The Bertz CT molecular complexity index is 461. The topological polar surface area (TPSA) is 50.9 Å². The number of nitrogens with one attached hydrogen (secondary N) is 1. The van der Waals surface area contributed by atoms with E-state index in [1.165, 1.54) is 0 Å². The fourth-order valence-electron chi connectivity index (χ4n) is 1.91. The van der Waals surface area contributed by atoms with Crippen molar-refractivity contribution >= 4 is 12.0 Å². The maximum Gasteiger partial charge on any atom is 0.210 e. The van der Waals surface area contributed by atoms with Crippen LogP contribution in [0.15, 0.2) is 30.0 Å². The van der Waals surface area contributed by atoms with E-state index in [1.807, 2.05) is 24.3 Å². The normalized spacial score (nSPS) is 23.1. The molecule has 1 aromatic carbocycles. The van der Waals surface area contributed by atoms with Crippen molar-refractivity contribution in [1.82, 2.24) is 5.32 Å². The Kier molecular flexibility index (Phi) is 2.23. The molecule has 1 fully saturated rings. The van der Waals surface area contributed by atoms with E-state index >= 15 is 0 Å². The zero-order valence-corrected chi connectivity index (χ0v) is 8.60. The van der Waals surface area contributed by atoms with Gasteiger partial charge in [0.15, 0.2) is 12.0 Å². The lowest BCUT2D eigenvalue weighted by Gasteiger charge is -2.12. The minimum absolute atomic E-state index is 0.0965. The zero-order chi connectivity index (χ0) is 11.0. The summed E-state index contributed by atoms with van der Waals surface area (Å²) in [7, 11) is 0. The Morgan fingerprint density at radius 1 is 1.38 bits per heavy atom. The van der Waals surface area contributed by atoms with Crippen LogP contribution in [0, 0.1) is 0 Å². The fraction of sp³-hybridized carbons (Fsp3) is 0.250. The number of carbonyl (C=O) groups is 1. The van der Waals surface area contributed by atoms with Gasteiger partial charge in [-0.25, -0.2) is 0 Å². The minimum Gasteiger partial charge on any atom is -0.445 e. The minimum atomic E-state index is -0.0965. The summed E-state index contributed by atoms with van der Waals surface area (Å²) in [4.78, 5) is 10.6. The lowest BCUT2D eigenvalue weighted by Crippen LogP contribution is -2.15. The number of rotatable bonds is 3.